The molecule has 0 aliphatic rings. The van der Waals surface area contributed by atoms with Gasteiger partial charge < -0.3 is 30.4 Å². The fraction of sp³-hybridized carbons (Fsp3) is 0.0526. The van der Waals surface area contributed by atoms with Crippen molar-refractivity contribution in [3.05, 3.63) is 223 Å². The molecule has 0 heterocycles. The van der Waals surface area contributed by atoms with E-state index in [0.717, 1.165) is 89.4 Å². The molecule has 0 aromatic heterocycles. The Morgan fingerprint density at radius 1 is 0.254 bits per heavy atom. The molecule has 9 aromatic rings. The Morgan fingerprint density at radius 3 is 0.730 bits per heavy atom. The van der Waals surface area contributed by atoms with Gasteiger partial charge in [0.05, 0.1) is 19.8 Å². The van der Waals surface area contributed by atoms with Crippen LogP contribution in [0.25, 0.3) is 66.8 Å². The van der Waals surface area contributed by atoms with E-state index in [1.54, 1.807) is 12.1 Å². The highest BCUT2D eigenvalue weighted by Gasteiger charge is 2.15. The molecule has 0 unspecified atom stereocenters. The maximum Gasteiger partial charge on any atom is 0.121 e. The zero-order valence-corrected chi connectivity index (χ0v) is 34.4. The van der Waals surface area contributed by atoms with Crippen LogP contribution in [0.5, 0.6) is 11.5 Å². The maximum absolute atomic E-state index is 10.0. The summed E-state index contributed by atoms with van der Waals surface area (Å²) in [6.07, 6.45) is 0. The molecule has 9 aromatic carbocycles. The molecule has 5 N–H and O–H groups in total. The molecule has 9 rings (SSSR count). The van der Waals surface area contributed by atoms with Gasteiger partial charge in [0.2, 0.25) is 0 Å². The van der Waals surface area contributed by atoms with E-state index in [-0.39, 0.29) is 31.3 Å². The molecule has 0 amide bonds. The van der Waals surface area contributed by atoms with E-state index in [1.165, 1.54) is 0 Å². The zero-order chi connectivity index (χ0) is 43.3. The van der Waals surface area contributed by atoms with Crippen LogP contribution in [0.3, 0.4) is 0 Å². The minimum absolute atomic E-state index is 0.0301. The SMILES string of the molecule is OCc1ccc(-c2ccc(-c3ccc(N(c4ccc(-c5ccc(-c6ccc(O)c(CO)c6)cc5)cc4)c4ccc(-c5ccc(-c6ccc(O)c(CO)c6)cc5)cc4)cc3)cc2)cc1. The molecule has 6 nitrogen and oxygen atoms in total. The molecule has 0 aliphatic heterocycles. The summed E-state index contributed by atoms with van der Waals surface area (Å²) in [4.78, 5) is 2.26. The van der Waals surface area contributed by atoms with Crippen molar-refractivity contribution in [1.82, 2.24) is 0 Å². The fourth-order valence-corrected chi connectivity index (χ4v) is 8.01. The molecule has 0 spiro atoms. The van der Waals surface area contributed by atoms with Gasteiger partial charge in [-0.1, -0.05) is 146 Å². The summed E-state index contributed by atoms with van der Waals surface area (Å²) in [6, 6.07) is 69.5. The second kappa shape index (κ2) is 18.1. The van der Waals surface area contributed by atoms with Crippen molar-refractivity contribution in [1.29, 1.82) is 0 Å². The topological polar surface area (TPSA) is 104 Å². The van der Waals surface area contributed by atoms with Gasteiger partial charge in [0.1, 0.15) is 11.5 Å². The number of hydrogen-bond donors (Lipinski definition) is 5. The number of aromatic hydroxyl groups is 2. The van der Waals surface area contributed by atoms with Crippen LogP contribution >= 0.6 is 0 Å². The Hall–Kier alpha value is -7.74. The summed E-state index contributed by atoms with van der Waals surface area (Å²) in [5.41, 5.74) is 17.5. The molecule has 63 heavy (non-hydrogen) atoms. The second-order valence-corrected chi connectivity index (χ2v) is 15.6. The lowest BCUT2D eigenvalue weighted by Crippen LogP contribution is -2.09. The Morgan fingerprint density at radius 2 is 0.476 bits per heavy atom. The van der Waals surface area contributed by atoms with Crippen molar-refractivity contribution in [3.8, 4) is 78.3 Å². The third-order valence-electron chi connectivity index (χ3n) is 11.7. The molecule has 0 aliphatic carbocycles. The maximum atomic E-state index is 10.0. The molecule has 0 atom stereocenters. The minimum atomic E-state index is -0.225. The lowest BCUT2D eigenvalue weighted by atomic mass is 9.98. The number of benzene rings is 9. The van der Waals surface area contributed by atoms with E-state index in [2.05, 4.69) is 150 Å². The van der Waals surface area contributed by atoms with Gasteiger partial charge in [-0.2, -0.15) is 0 Å². The third-order valence-corrected chi connectivity index (χ3v) is 11.7. The van der Waals surface area contributed by atoms with Gasteiger partial charge in [-0.15, -0.1) is 0 Å². The first kappa shape index (κ1) is 40.7. The highest BCUT2D eigenvalue weighted by molar-refractivity contribution is 5.82. The molecule has 308 valence electrons. The van der Waals surface area contributed by atoms with Gasteiger partial charge in [-0.25, -0.2) is 0 Å². The normalized spacial score (nSPS) is 11.1. The fourth-order valence-electron chi connectivity index (χ4n) is 8.01. The number of nitrogens with zero attached hydrogens (tertiary/aromatic N) is 1. The van der Waals surface area contributed by atoms with Crippen molar-refractivity contribution in [3.63, 3.8) is 0 Å². The molecule has 0 saturated heterocycles. The molecular formula is C57H45NO5. The van der Waals surface area contributed by atoms with Gasteiger partial charge in [0.25, 0.3) is 0 Å². The van der Waals surface area contributed by atoms with Crippen molar-refractivity contribution in [2.24, 2.45) is 0 Å². The molecule has 0 bridgehead atoms. The predicted octanol–water partition coefficient (Wildman–Crippen LogP) is 13.0. The molecular weight excluding hydrogens is 779 g/mol. The van der Waals surface area contributed by atoms with Crippen LogP contribution in [0.4, 0.5) is 17.1 Å². The standard InChI is InChI=1S/C57H45NO5/c59-35-38-1-3-39(4-2-38)40-5-7-41(8-6-40)44-17-25-53(26-18-44)58(54-27-19-45(20-28-54)42-9-13-47(14-10-42)49-23-31-56(62)51(33-49)36-60)55-29-21-46(22-30-55)43-11-15-48(16-12-43)50-24-32-57(63)52(34-50)37-61/h1-34,59-63H,35-37H2. The number of phenols is 2. The van der Waals surface area contributed by atoms with Crippen LogP contribution in [0.1, 0.15) is 16.7 Å². The highest BCUT2D eigenvalue weighted by Crippen LogP contribution is 2.39. The van der Waals surface area contributed by atoms with Gasteiger partial charge in [0.15, 0.2) is 0 Å². The lowest BCUT2D eigenvalue weighted by molar-refractivity contribution is 0.275. The van der Waals surface area contributed by atoms with Crippen LogP contribution in [0, 0.1) is 0 Å². The average Bonchev–Trinajstić information content (AvgIpc) is 3.35. The molecule has 0 saturated carbocycles. The van der Waals surface area contributed by atoms with E-state index in [9.17, 15) is 25.5 Å². The smallest absolute Gasteiger partial charge is 0.121 e. The van der Waals surface area contributed by atoms with Crippen molar-refractivity contribution in [2.45, 2.75) is 19.8 Å². The Labute approximate surface area is 367 Å². The number of hydrogen-bond acceptors (Lipinski definition) is 6. The third kappa shape index (κ3) is 8.73. The number of anilines is 3. The summed E-state index contributed by atoms with van der Waals surface area (Å²) in [6.45, 7) is -0.420. The quantitative estimate of drug-likeness (QED) is 0.0841. The van der Waals surface area contributed by atoms with Crippen LogP contribution in [-0.4, -0.2) is 25.5 Å². The van der Waals surface area contributed by atoms with Gasteiger partial charge >= 0.3 is 0 Å². The molecule has 6 heteroatoms. The lowest BCUT2D eigenvalue weighted by Gasteiger charge is -2.26. The van der Waals surface area contributed by atoms with Gasteiger partial charge in [-0.3, -0.25) is 0 Å². The molecule has 0 radical (unpaired) electrons. The second-order valence-electron chi connectivity index (χ2n) is 15.6. The van der Waals surface area contributed by atoms with E-state index in [1.807, 2.05) is 48.5 Å². The first-order chi connectivity index (χ1) is 30.9. The summed E-state index contributed by atoms with van der Waals surface area (Å²) < 4.78 is 0. The first-order valence-electron chi connectivity index (χ1n) is 20.9. The summed E-state index contributed by atoms with van der Waals surface area (Å²) >= 11 is 0. The van der Waals surface area contributed by atoms with E-state index in [4.69, 9.17) is 0 Å². The highest BCUT2D eigenvalue weighted by atomic mass is 16.3. The summed E-state index contributed by atoms with van der Waals surface area (Å²) in [7, 11) is 0. The Balaban J connectivity index is 1.00. The van der Waals surface area contributed by atoms with Crippen LogP contribution in [0.2, 0.25) is 0 Å². The summed E-state index contributed by atoms with van der Waals surface area (Å²) in [5, 5.41) is 48.8. The largest absolute Gasteiger partial charge is 0.508 e. The predicted molar refractivity (Wildman–Crippen MR) is 255 cm³/mol. The molecule has 0 fully saturated rings. The van der Waals surface area contributed by atoms with E-state index >= 15 is 0 Å². The van der Waals surface area contributed by atoms with Gasteiger partial charge in [-0.05, 0) is 133 Å². The zero-order valence-electron chi connectivity index (χ0n) is 34.4. The summed E-state index contributed by atoms with van der Waals surface area (Å²) in [5.74, 6) is 0.173. The van der Waals surface area contributed by atoms with Crippen LogP contribution in [0.15, 0.2) is 206 Å². The van der Waals surface area contributed by atoms with Crippen molar-refractivity contribution >= 4 is 17.1 Å². The Bertz CT molecular complexity index is 2820. The van der Waals surface area contributed by atoms with E-state index in [0.29, 0.717) is 11.1 Å². The number of aliphatic hydroxyl groups excluding tert-OH is 3. The van der Waals surface area contributed by atoms with E-state index < -0.39 is 0 Å². The van der Waals surface area contributed by atoms with Crippen LogP contribution in [-0.2, 0) is 19.8 Å². The van der Waals surface area contributed by atoms with Gasteiger partial charge in [0, 0.05) is 28.2 Å². The number of aliphatic hydroxyl groups is 3. The average molecular weight is 824 g/mol. The number of rotatable bonds is 12. The Kier molecular flexibility index (Phi) is 11.7. The first-order valence-corrected chi connectivity index (χ1v) is 20.9. The minimum Gasteiger partial charge on any atom is -0.508 e. The monoisotopic (exact) mass is 823 g/mol. The van der Waals surface area contributed by atoms with Crippen molar-refractivity contribution in [2.75, 3.05) is 4.90 Å². The van der Waals surface area contributed by atoms with Crippen LogP contribution < -0.4 is 4.90 Å². The van der Waals surface area contributed by atoms with Crippen molar-refractivity contribution < 1.29 is 25.5 Å².